The van der Waals surface area contributed by atoms with Gasteiger partial charge < -0.3 is 15.2 Å². The Labute approximate surface area is 140 Å². The average molecular weight is 328 g/mol. The van der Waals surface area contributed by atoms with E-state index in [1.165, 1.54) is 0 Å². The van der Waals surface area contributed by atoms with Crippen molar-refractivity contribution in [1.29, 1.82) is 5.26 Å². The third-order valence-electron chi connectivity index (χ3n) is 4.41. The summed E-state index contributed by atoms with van der Waals surface area (Å²) >= 11 is 0. The van der Waals surface area contributed by atoms with Crippen LogP contribution in [0.25, 0.3) is 0 Å². The molecule has 0 bridgehead atoms. The summed E-state index contributed by atoms with van der Waals surface area (Å²) in [4.78, 5) is 11.9. The first-order valence-corrected chi connectivity index (χ1v) is 8.12. The summed E-state index contributed by atoms with van der Waals surface area (Å²) in [7, 11) is 0. The van der Waals surface area contributed by atoms with E-state index in [9.17, 15) is 10.1 Å². The number of nitriles is 1. The molecule has 1 aromatic rings. The number of fused-ring (bicyclic) bond motifs is 1. The van der Waals surface area contributed by atoms with Gasteiger partial charge in [-0.1, -0.05) is 12.2 Å². The lowest BCUT2D eigenvalue weighted by atomic mass is 9.75. The summed E-state index contributed by atoms with van der Waals surface area (Å²) in [5, 5.41) is 16.5. The summed E-state index contributed by atoms with van der Waals surface area (Å²) in [6, 6.07) is 2.18. The molecule has 24 heavy (non-hydrogen) atoms. The van der Waals surface area contributed by atoms with Gasteiger partial charge in [0.1, 0.15) is 6.07 Å². The predicted molar refractivity (Wildman–Crippen MR) is 85.6 cm³/mol. The molecule has 1 aromatic heterocycles. The number of esters is 1. The van der Waals surface area contributed by atoms with Gasteiger partial charge in [0.15, 0.2) is 0 Å². The molecule has 126 valence electrons. The number of nitrogens with two attached hydrogens (primary N) is 1. The first kappa shape index (κ1) is 16.1. The van der Waals surface area contributed by atoms with E-state index >= 15 is 0 Å². The van der Waals surface area contributed by atoms with Crippen LogP contribution in [0.1, 0.15) is 43.4 Å². The maximum Gasteiger partial charge on any atom is 0.311 e. The third kappa shape index (κ3) is 2.87. The van der Waals surface area contributed by atoms with E-state index in [4.69, 9.17) is 15.2 Å². The number of carbonyl (C=O) groups is 1. The Morgan fingerprint density at radius 1 is 1.62 bits per heavy atom. The van der Waals surface area contributed by atoms with E-state index < -0.39 is 0 Å². The molecule has 0 spiro atoms. The van der Waals surface area contributed by atoms with Crippen LogP contribution in [0, 0.1) is 17.2 Å². The number of ether oxygens (including phenoxy) is 2. The molecule has 1 aliphatic carbocycles. The fourth-order valence-corrected chi connectivity index (χ4v) is 3.38. The molecular weight excluding hydrogens is 308 g/mol. The second-order valence-electron chi connectivity index (χ2n) is 5.90. The number of carbonyl (C=O) groups excluding carboxylic acids is 1. The number of hydrogen-bond donors (Lipinski definition) is 2. The number of hydrogen-bond acceptors (Lipinski definition) is 6. The number of nitrogens with zero attached hydrogens (tertiary/aromatic N) is 2. The lowest BCUT2D eigenvalue weighted by Crippen LogP contribution is -2.26. The Morgan fingerprint density at radius 3 is 3.12 bits per heavy atom. The van der Waals surface area contributed by atoms with Crippen LogP contribution in [0.15, 0.2) is 23.6 Å². The number of nitrogens with one attached hydrogen (secondary N) is 1. The van der Waals surface area contributed by atoms with Gasteiger partial charge in [-0.25, -0.2) is 0 Å². The molecule has 0 amide bonds. The summed E-state index contributed by atoms with van der Waals surface area (Å²) in [6.45, 7) is 2.08. The van der Waals surface area contributed by atoms with Crippen molar-refractivity contribution in [3.63, 3.8) is 0 Å². The molecule has 2 heterocycles. The number of rotatable bonds is 4. The molecule has 2 unspecified atom stereocenters. The van der Waals surface area contributed by atoms with Gasteiger partial charge in [0.05, 0.1) is 24.3 Å². The molecule has 0 saturated heterocycles. The van der Waals surface area contributed by atoms with Gasteiger partial charge >= 0.3 is 5.97 Å². The topological polar surface area (TPSA) is 114 Å². The van der Waals surface area contributed by atoms with Crippen LogP contribution in [0.2, 0.25) is 0 Å². The van der Waals surface area contributed by atoms with Gasteiger partial charge in [-0.3, -0.25) is 9.89 Å². The number of aromatic amines is 1. The first-order chi connectivity index (χ1) is 11.7. The monoisotopic (exact) mass is 328 g/mol. The van der Waals surface area contributed by atoms with E-state index in [-0.39, 0.29) is 30.1 Å². The van der Waals surface area contributed by atoms with Crippen LogP contribution in [-0.4, -0.2) is 22.8 Å². The van der Waals surface area contributed by atoms with Crippen molar-refractivity contribution in [2.45, 2.75) is 38.5 Å². The van der Waals surface area contributed by atoms with Crippen LogP contribution >= 0.6 is 0 Å². The lowest BCUT2D eigenvalue weighted by molar-refractivity contribution is -0.142. The maximum atomic E-state index is 11.9. The van der Waals surface area contributed by atoms with E-state index in [1.54, 1.807) is 6.92 Å². The minimum Gasteiger partial charge on any atom is -0.466 e. The average Bonchev–Trinajstić information content (AvgIpc) is 2.96. The molecule has 0 radical (unpaired) electrons. The van der Waals surface area contributed by atoms with Crippen LogP contribution in [0.5, 0.6) is 5.88 Å². The highest BCUT2D eigenvalue weighted by atomic mass is 16.5. The summed E-state index contributed by atoms with van der Waals surface area (Å²) in [5.41, 5.74) is 7.68. The quantitative estimate of drug-likeness (QED) is 0.646. The predicted octanol–water partition coefficient (Wildman–Crippen LogP) is 2.04. The second-order valence-corrected chi connectivity index (χ2v) is 5.90. The first-order valence-electron chi connectivity index (χ1n) is 8.12. The maximum absolute atomic E-state index is 11.9. The number of allylic oxidation sites excluding steroid dienone is 3. The summed E-state index contributed by atoms with van der Waals surface area (Å²) in [6.07, 6.45) is 7.34. The molecule has 3 N–H and O–H groups in total. The fourth-order valence-electron chi connectivity index (χ4n) is 3.38. The van der Waals surface area contributed by atoms with Crippen LogP contribution < -0.4 is 10.5 Å². The molecule has 0 saturated carbocycles. The van der Waals surface area contributed by atoms with Crippen molar-refractivity contribution in [3.05, 3.63) is 34.9 Å². The van der Waals surface area contributed by atoms with Crippen molar-refractivity contribution < 1.29 is 14.3 Å². The van der Waals surface area contributed by atoms with Crippen LogP contribution in [0.4, 0.5) is 0 Å². The summed E-state index contributed by atoms with van der Waals surface area (Å²) in [5.74, 6) is -0.0347. The van der Waals surface area contributed by atoms with Gasteiger partial charge in [0, 0.05) is 11.5 Å². The van der Waals surface area contributed by atoms with Crippen molar-refractivity contribution in [2.24, 2.45) is 11.7 Å². The van der Waals surface area contributed by atoms with Crippen molar-refractivity contribution in [2.75, 3.05) is 6.61 Å². The van der Waals surface area contributed by atoms with Gasteiger partial charge in [-0.2, -0.15) is 5.26 Å². The highest BCUT2D eigenvalue weighted by molar-refractivity contribution is 5.73. The molecular formula is C17H20N4O3. The summed E-state index contributed by atoms with van der Waals surface area (Å²) < 4.78 is 10.5. The van der Waals surface area contributed by atoms with Gasteiger partial charge in [-0.05, 0) is 32.1 Å². The van der Waals surface area contributed by atoms with E-state index in [2.05, 4.69) is 28.4 Å². The Hall–Kier alpha value is -2.75. The molecule has 3 rings (SSSR count). The van der Waals surface area contributed by atoms with E-state index in [0.717, 1.165) is 24.8 Å². The Kier molecular flexibility index (Phi) is 4.56. The van der Waals surface area contributed by atoms with Crippen molar-refractivity contribution >= 4 is 5.97 Å². The zero-order valence-corrected chi connectivity index (χ0v) is 13.5. The van der Waals surface area contributed by atoms with Crippen LogP contribution in [0.3, 0.4) is 0 Å². The standard InChI is InChI=1S/C17H20N4O3/c1-2-23-13(22)8-12-15-14(10-6-4-3-5-7-10)11(9-18)16(19)24-17(15)21-20-12/h4,6,10,14H,2-3,5,7-8,19H2,1H3,(H,20,21). The number of H-pyrrole nitrogens is 1. The van der Waals surface area contributed by atoms with Crippen molar-refractivity contribution in [3.8, 4) is 11.9 Å². The highest BCUT2D eigenvalue weighted by Gasteiger charge is 2.38. The molecule has 0 aromatic carbocycles. The zero-order chi connectivity index (χ0) is 17.1. The normalized spacial score (nSPS) is 22.5. The Morgan fingerprint density at radius 2 is 2.46 bits per heavy atom. The zero-order valence-electron chi connectivity index (χ0n) is 13.5. The lowest BCUT2D eigenvalue weighted by Gasteiger charge is -2.30. The van der Waals surface area contributed by atoms with Crippen LogP contribution in [-0.2, 0) is 16.0 Å². The molecule has 7 heteroatoms. The minimum atomic E-state index is -0.345. The molecule has 7 nitrogen and oxygen atoms in total. The molecule has 0 fully saturated rings. The van der Waals surface area contributed by atoms with E-state index in [0.29, 0.717) is 23.8 Å². The minimum absolute atomic E-state index is 0.0606. The molecule has 2 aliphatic rings. The SMILES string of the molecule is CCOC(=O)Cc1[nH]nc2c1C(C1C=CCCC1)C(C#N)=C(N)O2. The molecule has 1 aliphatic heterocycles. The fraction of sp³-hybridized carbons (Fsp3) is 0.471. The third-order valence-corrected chi connectivity index (χ3v) is 4.41. The Bertz CT molecular complexity index is 742. The van der Waals surface area contributed by atoms with E-state index in [1.807, 2.05) is 0 Å². The van der Waals surface area contributed by atoms with Gasteiger partial charge in [-0.15, -0.1) is 5.10 Å². The number of aromatic nitrogens is 2. The Balaban J connectivity index is 2.02. The largest absolute Gasteiger partial charge is 0.466 e. The molecule has 2 atom stereocenters. The van der Waals surface area contributed by atoms with Gasteiger partial charge in [0.2, 0.25) is 11.8 Å². The highest BCUT2D eigenvalue weighted by Crippen LogP contribution is 2.45. The second kappa shape index (κ2) is 6.79. The van der Waals surface area contributed by atoms with Crippen molar-refractivity contribution in [1.82, 2.24) is 10.2 Å². The van der Waals surface area contributed by atoms with Gasteiger partial charge in [0.25, 0.3) is 0 Å². The smallest absolute Gasteiger partial charge is 0.311 e.